The van der Waals surface area contributed by atoms with Gasteiger partial charge in [-0.2, -0.15) is 13.2 Å². The Labute approximate surface area is 106 Å². The van der Waals surface area contributed by atoms with E-state index < -0.39 is 12.7 Å². The highest BCUT2D eigenvalue weighted by Gasteiger charge is 2.30. The van der Waals surface area contributed by atoms with Gasteiger partial charge in [-0.05, 0) is 25.1 Å². The molecule has 0 amide bonds. The van der Waals surface area contributed by atoms with E-state index in [1.54, 1.807) is 6.07 Å². The van der Waals surface area contributed by atoms with Crippen LogP contribution in [-0.4, -0.2) is 25.6 Å². The summed E-state index contributed by atoms with van der Waals surface area (Å²) in [5.41, 5.74) is 0.546. The Morgan fingerprint density at radius 3 is 2.47 bits per heavy atom. The maximum atomic E-state index is 12.3. The van der Waals surface area contributed by atoms with E-state index in [0.717, 1.165) is 4.90 Å². The number of hydrogen-bond acceptors (Lipinski definition) is 2. The second-order valence-electron chi connectivity index (χ2n) is 3.69. The number of carbonyl (C=O) groups excluding carboxylic acids is 1. The molecule has 1 aromatic carbocycles. The van der Waals surface area contributed by atoms with Crippen molar-refractivity contribution in [3.63, 3.8) is 0 Å². The molecule has 0 radical (unpaired) electrons. The number of carbonyl (C=O) groups is 1. The molecule has 0 saturated carbocycles. The van der Waals surface area contributed by atoms with Crippen molar-refractivity contribution in [1.82, 2.24) is 0 Å². The molecule has 0 spiro atoms. The van der Waals surface area contributed by atoms with Crippen molar-refractivity contribution in [2.45, 2.75) is 13.1 Å². The van der Waals surface area contributed by atoms with Crippen molar-refractivity contribution >= 4 is 27.4 Å². The first kappa shape index (κ1) is 14.0. The lowest BCUT2D eigenvalue weighted by Crippen LogP contribution is -2.31. The van der Waals surface area contributed by atoms with Gasteiger partial charge in [0.2, 0.25) is 0 Å². The van der Waals surface area contributed by atoms with Crippen molar-refractivity contribution in [2.24, 2.45) is 0 Å². The van der Waals surface area contributed by atoms with E-state index in [1.165, 1.54) is 26.1 Å². The highest BCUT2D eigenvalue weighted by molar-refractivity contribution is 9.10. The number of Topliss-reactive ketones (excluding diaryl/α,β-unsaturated/α-hetero) is 1. The van der Waals surface area contributed by atoms with Gasteiger partial charge in [0.15, 0.2) is 5.78 Å². The van der Waals surface area contributed by atoms with Crippen LogP contribution in [0.2, 0.25) is 0 Å². The molecule has 0 aliphatic rings. The van der Waals surface area contributed by atoms with Crippen LogP contribution in [-0.2, 0) is 0 Å². The van der Waals surface area contributed by atoms with Gasteiger partial charge >= 0.3 is 6.18 Å². The van der Waals surface area contributed by atoms with Crippen LogP contribution in [0.25, 0.3) is 0 Å². The Kier molecular flexibility index (Phi) is 4.19. The molecule has 0 heterocycles. The van der Waals surface area contributed by atoms with Crippen LogP contribution >= 0.6 is 15.9 Å². The van der Waals surface area contributed by atoms with Gasteiger partial charge in [0.25, 0.3) is 0 Å². The van der Waals surface area contributed by atoms with Crippen molar-refractivity contribution in [3.05, 3.63) is 28.2 Å². The molecule has 94 valence electrons. The average molecular weight is 310 g/mol. The number of halogens is 4. The maximum Gasteiger partial charge on any atom is 0.405 e. The number of anilines is 1. The zero-order valence-corrected chi connectivity index (χ0v) is 10.9. The van der Waals surface area contributed by atoms with Crippen LogP contribution in [0, 0.1) is 0 Å². The molecule has 1 aromatic rings. The van der Waals surface area contributed by atoms with Gasteiger partial charge in [-0.25, -0.2) is 0 Å². The second kappa shape index (κ2) is 5.08. The summed E-state index contributed by atoms with van der Waals surface area (Å²) < 4.78 is 37.5. The third-order valence-electron chi connectivity index (χ3n) is 2.17. The molecule has 0 fully saturated rings. The van der Waals surface area contributed by atoms with Gasteiger partial charge in [-0.15, -0.1) is 0 Å². The monoisotopic (exact) mass is 309 g/mol. The smallest absolute Gasteiger partial charge is 0.365 e. The minimum atomic E-state index is -4.30. The standard InChI is InChI=1S/C11H11BrF3NO/c1-7(17)9-4-3-8(12)5-10(9)16(2)6-11(13,14)15/h3-5H,6H2,1-2H3. The Morgan fingerprint density at radius 2 is 2.00 bits per heavy atom. The fourth-order valence-corrected chi connectivity index (χ4v) is 1.82. The maximum absolute atomic E-state index is 12.3. The van der Waals surface area contributed by atoms with E-state index in [-0.39, 0.29) is 17.0 Å². The first-order valence-electron chi connectivity index (χ1n) is 4.79. The van der Waals surface area contributed by atoms with E-state index in [0.29, 0.717) is 4.47 Å². The highest BCUT2D eigenvalue weighted by atomic mass is 79.9. The lowest BCUT2D eigenvalue weighted by Gasteiger charge is -2.23. The average Bonchev–Trinajstić information content (AvgIpc) is 2.14. The van der Waals surface area contributed by atoms with Gasteiger partial charge in [0.05, 0.1) is 0 Å². The van der Waals surface area contributed by atoms with E-state index in [2.05, 4.69) is 15.9 Å². The summed E-state index contributed by atoms with van der Waals surface area (Å²) in [7, 11) is 1.31. The number of nitrogens with zero attached hydrogens (tertiary/aromatic N) is 1. The SMILES string of the molecule is CC(=O)c1ccc(Br)cc1N(C)CC(F)(F)F. The first-order chi connectivity index (χ1) is 7.70. The molecule has 0 aliphatic carbocycles. The van der Waals surface area contributed by atoms with E-state index >= 15 is 0 Å². The molecule has 17 heavy (non-hydrogen) atoms. The summed E-state index contributed by atoms with van der Waals surface area (Å²) in [5, 5.41) is 0. The van der Waals surface area contributed by atoms with Crippen LogP contribution in [0.5, 0.6) is 0 Å². The second-order valence-corrected chi connectivity index (χ2v) is 4.60. The molecule has 0 aliphatic heterocycles. The number of hydrogen-bond donors (Lipinski definition) is 0. The van der Waals surface area contributed by atoms with Crippen LogP contribution in [0.15, 0.2) is 22.7 Å². The van der Waals surface area contributed by atoms with Crippen molar-refractivity contribution in [1.29, 1.82) is 0 Å². The predicted molar refractivity (Wildman–Crippen MR) is 63.5 cm³/mol. The molecule has 0 saturated heterocycles. The largest absolute Gasteiger partial charge is 0.405 e. The quantitative estimate of drug-likeness (QED) is 0.794. The van der Waals surface area contributed by atoms with E-state index in [9.17, 15) is 18.0 Å². The van der Waals surface area contributed by atoms with Gasteiger partial charge in [0.1, 0.15) is 6.54 Å². The summed E-state index contributed by atoms with van der Waals surface area (Å²) in [5.74, 6) is -0.262. The van der Waals surface area contributed by atoms with Crippen molar-refractivity contribution < 1.29 is 18.0 Å². The Bertz CT molecular complexity index is 431. The number of alkyl halides is 3. The Balaban J connectivity index is 3.10. The zero-order valence-electron chi connectivity index (χ0n) is 9.31. The first-order valence-corrected chi connectivity index (χ1v) is 5.58. The predicted octanol–water partition coefficient (Wildman–Crippen LogP) is 3.65. The van der Waals surface area contributed by atoms with Gasteiger partial charge in [0, 0.05) is 22.8 Å². The minimum Gasteiger partial charge on any atom is -0.365 e. The molecule has 0 atom stereocenters. The molecular formula is C11H11BrF3NO. The molecule has 2 nitrogen and oxygen atoms in total. The van der Waals surface area contributed by atoms with Crippen molar-refractivity contribution in [2.75, 3.05) is 18.5 Å². The molecule has 0 bridgehead atoms. The minimum absolute atomic E-state index is 0.262. The molecular weight excluding hydrogens is 299 g/mol. The molecule has 6 heteroatoms. The summed E-state index contributed by atoms with van der Waals surface area (Å²) in [6.45, 7) is 0.234. The highest BCUT2D eigenvalue weighted by Crippen LogP contribution is 2.27. The fraction of sp³-hybridized carbons (Fsp3) is 0.364. The fourth-order valence-electron chi connectivity index (χ4n) is 1.47. The lowest BCUT2D eigenvalue weighted by atomic mass is 10.1. The van der Waals surface area contributed by atoms with Gasteiger partial charge < -0.3 is 4.90 Å². The van der Waals surface area contributed by atoms with E-state index in [1.807, 2.05) is 0 Å². The normalized spacial score (nSPS) is 11.4. The van der Waals surface area contributed by atoms with E-state index in [4.69, 9.17) is 0 Å². The van der Waals surface area contributed by atoms with Gasteiger partial charge in [-0.1, -0.05) is 15.9 Å². The summed E-state index contributed by atoms with van der Waals surface area (Å²) in [4.78, 5) is 12.3. The summed E-state index contributed by atoms with van der Waals surface area (Å²) in [6.07, 6.45) is -4.30. The third-order valence-corrected chi connectivity index (χ3v) is 2.66. The van der Waals surface area contributed by atoms with Crippen LogP contribution in [0.4, 0.5) is 18.9 Å². The van der Waals surface area contributed by atoms with Crippen LogP contribution in [0.1, 0.15) is 17.3 Å². The van der Waals surface area contributed by atoms with Crippen LogP contribution < -0.4 is 4.90 Å². The topological polar surface area (TPSA) is 20.3 Å². The molecule has 1 rings (SSSR count). The number of rotatable bonds is 3. The molecule has 0 N–H and O–H groups in total. The lowest BCUT2D eigenvalue weighted by molar-refractivity contribution is -0.119. The Hall–Kier alpha value is -1.04. The summed E-state index contributed by atoms with van der Waals surface area (Å²) >= 11 is 3.17. The molecule has 0 aromatic heterocycles. The van der Waals surface area contributed by atoms with Crippen LogP contribution in [0.3, 0.4) is 0 Å². The van der Waals surface area contributed by atoms with Gasteiger partial charge in [-0.3, -0.25) is 4.79 Å². The molecule has 0 unspecified atom stereocenters. The Morgan fingerprint density at radius 1 is 1.41 bits per heavy atom. The zero-order chi connectivity index (χ0) is 13.2. The number of benzene rings is 1. The third kappa shape index (κ3) is 4.03. The summed E-state index contributed by atoms with van der Waals surface area (Å²) in [6, 6.07) is 4.64. The number of ketones is 1. The van der Waals surface area contributed by atoms with Crippen molar-refractivity contribution in [3.8, 4) is 0 Å².